The van der Waals surface area contributed by atoms with Gasteiger partial charge < -0.3 is 24.8 Å². The molecule has 172 valence electrons. The van der Waals surface area contributed by atoms with E-state index in [1.54, 1.807) is 6.20 Å². The number of nitrogens with one attached hydrogen (secondary N) is 2. The van der Waals surface area contributed by atoms with Crippen LogP contribution in [-0.2, 0) is 14.2 Å². The first kappa shape index (κ1) is 24.9. The second-order valence-corrected chi connectivity index (χ2v) is 8.66. The predicted molar refractivity (Wildman–Crippen MR) is 120 cm³/mol. The van der Waals surface area contributed by atoms with Gasteiger partial charge in [0.2, 0.25) is 6.29 Å². The third-order valence-electron chi connectivity index (χ3n) is 4.78. The maximum Gasteiger partial charge on any atom is 0.407 e. The number of nitrogens with zero attached hydrogens (tertiary/aromatic N) is 2. The summed E-state index contributed by atoms with van der Waals surface area (Å²) in [6.45, 7) is 12.6. The number of alkyl carbamates (subject to hydrolysis) is 1. The van der Waals surface area contributed by atoms with Crippen LogP contribution in [0.15, 0.2) is 6.20 Å². The monoisotopic (exact) mass is 432 g/mol. The molecular weight excluding hydrogens is 396 g/mol. The largest absolute Gasteiger partial charge is 0.444 e. The number of aromatic nitrogens is 2. The molecule has 1 heterocycles. The van der Waals surface area contributed by atoms with E-state index in [4.69, 9.17) is 14.2 Å². The Morgan fingerprint density at radius 2 is 1.87 bits per heavy atom. The summed E-state index contributed by atoms with van der Waals surface area (Å²) in [5, 5.41) is 6.48. The van der Waals surface area contributed by atoms with Crippen molar-refractivity contribution in [2.45, 2.75) is 84.7 Å². The van der Waals surface area contributed by atoms with Crippen LogP contribution in [0.3, 0.4) is 0 Å². The minimum atomic E-state index is -0.599. The number of carbonyl (C=O) groups excluding carboxylic acids is 1. The fourth-order valence-electron chi connectivity index (χ4n) is 3.43. The second-order valence-electron chi connectivity index (χ2n) is 8.66. The smallest absolute Gasteiger partial charge is 0.407 e. The molecule has 0 atom stereocenters. The summed E-state index contributed by atoms with van der Waals surface area (Å²) in [7, 11) is 0. The SMILES string of the molecule is CCOC(C#Cc1cnc(C)nc1NC1(CNC(=O)OC(C)(C)C)CCCC1)OCC. The van der Waals surface area contributed by atoms with Gasteiger partial charge in [-0.3, -0.25) is 0 Å². The zero-order chi connectivity index (χ0) is 22.9. The maximum absolute atomic E-state index is 12.2. The van der Waals surface area contributed by atoms with Gasteiger partial charge in [0.25, 0.3) is 0 Å². The Morgan fingerprint density at radius 1 is 1.23 bits per heavy atom. The number of hydrogen-bond donors (Lipinski definition) is 2. The van der Waals surface area contributed by atoms with Crippen molar-refractivity contribution in [3.8, 4) is 11.8 Å². The van der Waals surface area contributed by atoms with Gasteiger partial charge in [-0.1, -0.05) is 18.8 Å². The third kappa shape index (κ3) is 8.35. The molecule has 2 rings (SSSR count). The first-order chi connectivity index (χ1) is 14.7. The van der Waals surface area contributed by atoms with Crippen molar-refractivity contribution in [1.82, 2.24) is 15.3 Å². The number of hydrogen-bond acceptors (Lipinski definition) is 7. The van der Waals surface area contributed by atoms with Crippen LogP contribution in [0.1, 0.15) is 71.7 Å². The molecule has 1 aromatic rings. The van der Waals surface area contributed by atoms with Gasteiger partial charge in [0, 0.05) is 26.0 Å². The molecule has 2 N–H and O–H groups in total. The zero-order valence-corrected chi connectivity index (χ0v) is 19.6. The Morgan fingerprint density at radius 3 is 2.45 bits per heavy atom. The van der Waals surface area contributed by atoms with Gasteiger partial charge in [-0.25, -0.2) is 14.8 Å². The highest BCUT2D eigenvalue weighted by Gasteiger charge is 2.35. The molecule has 1 aliphatic carbocycles. The molecule has 0 spiro atoms. The fourth-order valence-corrected chi connectivity index (χ4v) is 3.43. The normalized spacial score (nSPS) is 15.3. The summed E-state index contributed by atoms with van der Waals surface area (Å²) in [5.74, 6) is 7.40. The van der Waals surface area contributed by atoms with Gasteiger partial charge in [0.05, 0.1) is 11.1 Å². The van der Waals surface area contributed by atoms with Crippen LogP contribution in [0.5, 0.6) is 0 Å². The Hall–Kier alpha value is -2.37. The summed E-state index contributed by atoms with van der Waals surface area (Å²) in [5.41, 5.74) is -0.184. The lowest BCUT2D eigenvalue weighted by Gasteiger charge is -2.32. The van der Waals surface area contributed by atoms with Crippen molar-refractivity contribution in [1.29, 1.82) is 0 Å². The topological polar surface area (TPSA) is 94.6 Å². The number of rotatable bonds is 8. The highest BCUT2D eigenvalue weighted by atomic mass is 16.7. The van der Waals surface area contributed by atoms with Crippen LogP contribution >= 0.6 is 0 Å². The van der Waals surface area contributed by atoms with E-state index in [1.807, 2.05) is 41.5 Å². The Bertz CT molecular complexity index is 783. The molecule has 1 aliphatic rings. The number of amides is 1. The summed E-state index contributed by atoms with van der Waals surface area (Å²) >= 11 is 0. The van der Waals surface area contributed by atoms with E-state index in [0.29, 0.717) is 37.0 Å². The Balaban J connectivity index is 2.20. The van der Waals surface area contributed by atoms with Gasteiger partial charge in [-0.15, -0.1) is 0 Å². The van der Waals surface area contributed by atoms with Crippen LogP contribution in [-0.4, -0.2) is 53.2 Å². The van der Waals surface area contributed by atoms with Crippen LogP contribution in [0.4, 0.5) is 10.6 Å². The predicted octanol–water partition coefficient (Wildman–Crippen LogP) is 3.79. The lowest BCUT2D eigenvalue weighted by Crippen LogP contribution is -2.48. The van der Waals surface area contributed by atoms with E-state index in [2.05, 4.69) is 32.4 Å². The van der Waals surface area contributed by atoms with Crippen LogP contribution < -0.4 is 10.6 Å². The lowest BCUT2D eigenvalue weighted by atomic mass is 9.97. The quantitative estimate of drug-likeness (QED) is 0.477. The minimum absolute atomic E-state index is 0.312. The van der Waals surface area contributed by atoms with Gasteiger partial charge >= 0.3 is 6.09 Å². The summed E-state index contributed by atoms with van der Waals surface area (Å²) in [6, 6.07) is 0. The van der Waals surface area contributed by atoms with Crippen molar-refractivity contribution >= 4 is 11.9 Å². The summed E-state index contributed by atoms with van der Waals surface area (Å²) in [4.78, 5) is 21.1. The number of carbonyl (C=O) groups is 1. The van der Waals surface area contributed by atoms with Crippen molar-refractivity contribution in [3.05, 3.63) is 17.6 Å². The van der Waals surface area contributed by atoms with E-state index >= 15 is 0 Å². The highest BCUT2D eigenvalue weighted by molar-refractivity contribution is 5.68. The molecule has 0 radical (unpaired) electrons. The second kappa shape index (κ2) is 11.3. The molecule has 0 bridgehead atoms. The van der Waals surface area contributed by atoms with E-state index in [1.165, 1.54) is 0 Å². The van der Waals surface area contributed by atoms with Crippen LogP contribution in [0.2, 0.25) is 0 Å². The number of ether oxygens (including phenoxy) is 3. The Kier molecular flexibility index (Phi) is 9.08. The van der Waals surface area contributed by atoms with E-state index in [0.717, 1.165) is 25.7 Å². The van der Waals surface area contributed by atoms with Gasteiger partial charge in [0.1, 0.15) is 17.2 Å². The first-order valence-corrected chi connectivity index (χ1v) is 11.0. The average molecular weight is 433 g/mol. The van der Waals surface area contributed by atoms with Crippen molar-refractivity contribution in [2.75, 3.05) is 25.1 Å². The maximum atomic E-state index is 12.2. The molecule has 0 aliphatic heterocycles. The fraction of sp³-hybridized carbons (Fsp3) is 0.696. The molecule has 1 aromatic heterocycles. The molecule has 0 unspecified atom stereocenters. The van der Waals surface area contributed by atoms with Crippen LogP contribution in [0, 0.1) is 18.8 Å². The van der Waals surface area contributed by atoms with Gasteiger partial charge in [-0.05, 0) is 60.3 Å². The Labute approximate surface area is 185 Å². The third-order valence-corrected chi connectivity index (χ3v) is 4.78. The molecule has 1 fully saturated rings. The molecule has 8 heteroatoms. The van der Waals surface area contributed by atoms with Crippen molar-refractivity contribution < 1.29 is 19.0 Å². The van der Waals surface area contributed by atoms with E-state index < -0.39 is 18.0 Å². The van der Waals surface area contributed by atoms with Crippen molar-refractivity contribution in [2.24, 2.45) is 0 Å². The summed E-state index contributed by atoms with van der Waals surface area (Å²) in [6.07, 6.45) is 4.67. The van der Waals surface area contributed by atoms with Crippen molar-refractivity contribution in [3.63, 3.8) is 0 Å². The molecule has 0 saturated heterocycles. The lowest BCUT2D eigenvalue weighted by molar-refractivity contribution is -0.0969. The van der Waals surface area contributed by atoms with Crippen LogP contribution in [0.25, 0.3) is 0 Å². The standard InChI is InChI=1S/C23H36N4O4/c1-7-29-19(30-8-2)12-11-18-15-24-17(3)26-20(18)27-23(13-9-10-14-23)16-25-21(28)31-22(4,5)6/h15,19H,7-10,13-14,16H2,1-6H3,(H,25,28)(H,24,26,27). The minimum Gasteiger partial charge on any atom is -0.444 e. The zero-order valence-electron chi connectivity index (χ0n) is 19.6. The highest BCUT2D eigenvalue weighted by Crippen LogP contribution is 2.33. The van der Waals surface area contributed by atoms with Gasteiger partial charge in [-0.2, -0.15) is 0 Å². The molecule has 1 amide bonds. The van der Waals surface area contributed by atoms with E-state index in [-0.39, 0.29) is 5.54 Å². The molecule has 0 aromatic carbocycles. The number of anilines is 1. The number of aryl methyl sites for hydroxylation is 1. The molecular formula is C23H36N4O4. The molecule has 8 nitrogen and oxygen atoms in total. The summed E-state index contributed by atoms with van der Waals surface area (Å²) < 4.78 is 16.4. The van der Waals surface area contributed by atoms with Gasteiger partial charge in [0.15, 0.2) is 0 Å². The van der Waals surface area contributed by atoms with E-state index in [9.17, 15) is 4.79 Å². The first-order valence-electron chi connectivity index (χ1n) is 11.0. The molecule has 1 saturated carbocycles. The molecule has 31 heavy (non-hydrogen) atoms. The average Bonchev–Trinajstić information content (AvgIpc) is 3.13.